The fraction of sp³-hybridized carbons (Fsp3) is 0.111. The molecule has 6 heteroatoms. The molecule has 0 spiro atoms. The first kappa shape index (κ1) is 9.72. The molecule has 1 heterocycles. The molecular weight excluding hydrogens is 212 g/mol. The minimum Gasteiger partial charge on any atom is -0.239 e. The lowest BCUT2D eigenvalue weighted by Crippen LogP contribution is -2.10. The van der Waals surface area contributed by atoms with Crippen LogP contribution in [-0.2, 0) is 7.05 Å². The van der Waals surface area contributed by atoms with E-state index in [-0.39, 0.29) is 0 Å². The third-order valence-electron chi connectivity index (χ3n) is 1.85. The quantitative estimate of drug-likeness (QED) is 0.571. The zero-order valence-corrected chi connectivity index (χ0v) is 8.81. The van der Waals surface area contributed by atoms with Crippen molar-refractivity contribution in [3.05, 3.63) is 40.0 Å². The van der Waals surface area contributed by atoms with Gasteiger partial charge in [0.25, 0.3) is 0 Å². The average Bonchev–Trinajstić information content (AvgIpc) is 2.63. The molecule has 0 amide bonds. The predicted molar refractivity (Wildman–Crippen MR) is 57.9 cm³/mol. The highest BCUT2D eigenvalue weighted by atomic mass is 32.1. The molecule has 0 aliphatic heterocycles. The number of nitroso groups, excluding NO2 is 1. The zero-order chi connectivity index (χ0) is 10.7. The smallest absolute Gasteiger partial charge is 0.232 e. The highest BCUT2D eigenvalue weighted by Gasteiger charge is 2.03. The van der Waals surface area contributed by atoms with Crippen molar-refractivity contribution in [2.45, 2.75) is 0 Å². The molecule has 2 aromatic rings. The SMILES string of the molecule is Cn1nc(-c2ccccc2)s/c1=N/N=O. The lowest BCUT2D eigenvalue weighted by atomic mass is 10.2. The second kappa shape index (κ2) is 4.14. The van der Waals surface area contributed by atoms with E-state index in [0.717, 1.165) is 10.6 Å². The summed E-state index contributed by atoms with van der Waals surface area (Å²) in [5.41, 5.74) is 1.01. The van der Waals surface area contributed by atoms with Gasteiger partial charge in [-0.2, -0.15) is 5.10 Å². The van der Waals surface area contributed by atoms with Crippen molar-refractivity contribution in [1.29, 1.82) is 0 Å². The van der Waals surface area contributed by atoms with Gasteiger partial charge >= 0.3 is 0 Å². The summed E-state index contributed by atoms with van der Waals surface area (Å²) in [6, 6.07) is 9.72. The van der Waals surface area contributed by atoms with Crippen LogP contribution < -0.4 is 4.80 Å². The Morgan fingerprint density at radius 2 is 2.07 bits per heavy atom. The summed E-state index contributed by atoms with van der Waals surface area (Å²) in [5.74, 6) is 0. The van der Waals surface area contributed by atoms with E-state index < -0.39 is 0 Å². The summed E-state index contributed by atoms with van der Waals surface area (Å²) >= 11 is 1.33. The van der Waals surface area contributed by atoms with Crippen LogP contribution in [0.25, 0.3) is 10.6 Å². The molecule has 5 nitrogen and oxygen atoms in total. The fourth-order valence-corrected chi connectivity index (χ4v) is 2.01. The van der Waals surface area contributed by atoms with Crippen LogP contribution in [0, 0.1) is 4.91 Å². The number of aryl methyl sites for hydroxylation is 1. The molecule has 0 aliphatic rings. The summed E-state index contributed by atoms with van der Waals surface area (Å²) in [6.45, 7) is 0. The summed E-state index contributed by atoms with van der Waals surface area (Å²) in [4.78, 5) is 10.5. The number of rotatable bonds is 2. The molecule has 0 atom stereocenters. The van der Waals surface area contributed by atoms with Crippen molar-refractivity contribution in [1.82, 2.24) is 9.78 Å². The molecule has 0 saturated heterocycles. The molecule has 0 N–H and O–H groups in total. The fourth-order valence-electron chi connectivity index (χ4n) is 1.17. The molecule has 0 aliphatic carbocycles. The molecule has 1 aromatic heterocycles. The molecule has 0 fully saturated rings. The lowest BCUT2D eigenvalue weighted by molar-refractivity contribution is 0.723. The standard InChI is InChI=1S/C9H8N4OS/c1-13-9(10-12-14)15-8(11-13)7-5-3-2-4-6-7/h2-6H,1H3/b10-9+. The largest absolute Gasteiger partial charge is 0.239 e. The first-order valence-electron chi connectivity index (χ1n) is 4.27. The predicted octanol–water partition coefficient (Wildman–Crippen LogP) is 1.73. The van der Waals surface area contributed by atoms with Crippen LogP contribution >= 0.6 is 11.3 Å². The van der Waals surface area contributed by atoms with Crippen LogP contribution in [0.5, 0.6) is 0 Å². The van der Waals surface area contributed by atoms with E-state index in [4.69, 9.17) is 0 Å². The third-order valence-corrected chi connectivity index (χ3v) is 2.89. The van der Waals surface area contributed by atoms with Crippen LogP contribution in [-0.4, -0.2) is 9.78 Å². The van der Waals surface area contributed by atoms with Crippen LogP contribution in [0.2, 0.25) is 0 Å². The molecule has 1 aromatic carbocycles. The second-order valence-corrected chi connectivity index (χ2v) is 3.82. The highest BCUT2D eigenvalue weighted by Crippen LogP contribution is 2.17. The summed E-state index contributed by atoms with van der Waals surface area (Å²) in [5, 5.41) is 11.0. The van der Waals surface area contributed by atoms with Gasteiger partial charge in [0.05, 0.1) is 5.29 Å². The van der Waals surface area contributed by atoms with Crippen molar-refractivity contribution >= 4 is 11.3 Å². The van der Waals surface area contributed by atoms with E-state index in [1.165, 1.54) is 16.0 Å². The Labute approximate surface area is 89.7 Å². The van der Waals surface area contributed by atoms with Crippen LogP contribution in [0.1, 0.15) is 0 Å². The van der Waals surface area contributed by atoms with Gasteiger partial charge in [0.15, 0.2) is 0 Å². The summed E-state index contributed by atoms with van der Waals surface area (Å²) < 4.78 is 1.54. The van der Waals surface area contributed by atoms with Crippen LogP contribution in [0.15, 0.2) is 40.7 Å². The second-order valence-electron chi connectivity index (χ2n) is 2.86. The first-order valence-corrected chi connectivity index (χ1v) is 5.09. The van der Waals surface area contributed by atoms with Crippen molar-refractivity contribution in [2.75, 3.05) is 0 Å². The normalized spacial score (nSPS) is 11.7. The maximum atomic E-state index is 10.0. The monoisotopic (exact) mass is 220 g/mol. The molecule has 0 radical (unpaired) electrons. The Hall–Kier alpha value is -1.82. The Morgan fingerprint density at radius 1 is 1.33 bits per heavy atom. The van der Waals surface area contributed by atoms with Crippen molar-refractivity contribution in [3.8, 4) is 10.6 Å². The van der Waals surface area contributed by atoms with Crippen LogP contribution in [0.3, 0.4) is 0 Å². The van der Waals surface area contributed by atoms with Gasteiger partial charge in [0.1, 0.15) is 5.01 Å². The topological polar surface area (TPSA) is 59.6 Å². The number of nitrogens with zero attached hydrogens (tertiary/aromatic N) is 4. The highest BCUT2D eigenvalue weighted by molar-refractivity contribution is 7.12. The maximum absolute atomic E-state index is 10.0. The van der Waals surface area contributed by atoms with E-state index in [1.54, 1.807) is 7.05 Å². The van der Waals surface area contributed by atoms with Crippen molar-refractivity contribution in [3.63, 3.8) is 0 Å². The Morgan fingerprint density at radius 3 is 2.73 bits per heavy atom. The lowest BCUT2D eigenvalue weighted by Gasteiger charge is -1.91. The minimum absolute atomic E-state index is 0.490. The van der Waals surface area contributed by atoms with Gasteiger partial charge in [-0.3, -0.25) is 0 Å². The van der Waals surface area contributed by atoms with E-state index in [1.807, 2.05) is 30.3 Å². The van der Waals surface area contributed by atoms with Gasteiger partial charge in [-0.1, -0.05) is 46.8 Å². The molecular formula is C9H8N4OS. The molecule has 0 unspecified atom stereocenters. The van der Waals surface area contributed by atoms with E-state index in [9.17, 15) is 4.91 Å². The van der Waals surface area contributed by atoms with Gasteiger partial charge in [-0.25, -0.2) is 4.68 Å². The maximum Gasteiger partial charge on any atom is 0.232 e. The molecule has 0 saturated carbocycles. The Bertz CT molecular complexity index is 529. The zero-order valence-electron chi connectivity index (χ0n) is 7.99. The van der Waals surface area contributed by atoms with Gasteiger partial charge in [0, 0.05) is 12.6 Å². The van der Waals surface area contributed by atoms with Gasteiger partial charge in [-0.05, 0) is 0 Å². The average molecular weight is 220 g/mol. The number of aromatic nitrogens is 2. The molecule has 15 heavy (non-hydrogen) atoms. The molecule has 2 rings (SSSR count). The van der Waals surface area contributed by atoms with E-state index >= 15 is 0 Å². The van der Waals surface area contributed by atoms with Gasteiger partial charge in [0.2, 0.25) is 4.80 Å². The first-order chi connectivity index (χ1) is 7.31. The molecule has 0 bridgehead atoms. The minimum atomic E-state index is 0.490. The third kappa shape index (κ3) is 1.99. The molecule has 76 valence electrons. The Balaban J connectivity index is 2.52. The van der Waals surface area contributed by atoms with Gasteiger partial charge < -0.3 is 0 Å². The van der Waals surface area contributed by atoms with Gasteiger partial charge in [-0.15, -0.1) is 4.91 Å². The summed E-state index contributed by atoms with van der Waals surface area (Å²) in [6.07, 6.45) is 0. The van der Waals surface area contributed by atoms with Crippen molar-refractivity contribution in [2.24, 2.45) is 17.4 Å². The summed E-state index contributed by atoms with van der Waals surface area (Å²) in [7, 11) is 1.73. The van der Waals surface area contributed by atoms with Crippen molar-refractivity contribution < 1.29 is 0 Å². The van der Waals surface area contributed by atoms with E-state index in [0.29, 0.717) is 4.80 Å². The number of benzene rings is 1. The number of hydrogen-bond donors (Lipinski definition) is 0. The van der Waals surface area contributed by atoms with Crippen LogP contribution in [0.4, 0.5) is 0 Å². The van der Waals surface area contributed by atoms with E-state index in [2.05, 4.69) is 15.5 Å². The number of hydrogen-bond acceptors (Lipinski definition) is 4. The Kier molecular flexibility index (Phi) is 2.68.